The number of nitrogen functional groups attached to an aromatic ring is 1. The molecule has 7 nitrogen and oxygen atoms in total. The first-order valence-corrected chi connectivity index (χ1v) is 9.95. The number of benzene rings is 2. The predicted octanol–water partition coefficient (Wildman–Crippen LogP) is 4.61. The summed E-state index contributed by atoms with van der Waals surface area (Å²) in [6, 6.07) is 6.40. The van der Waals surface area contributed by atoms with Crippen LogP contribution >= 0.6 is 0 Å². The van der Waals surface area contributed by atoms with Gasteiger partial charge in [0.05, 0.1) is 5.56 Å². The van der Waals surface area contributed by atoms with Crippen LogP contribution in [0, 0.1) is 13.8 Å². The van der Waals surface area contributed by atoms with Crippen molar-refractivity contribution in [1.82, 2.24) is 0 Å². The zero-order valence-electron chi connectivity index (χ0n) is 18.4. The molecule has 0 fully saturated rings. The monoisotopic (exact) mass is 436 g/mol. The van der Waals surface area contributed by atoms with E-state index >= 15 is 0 Å². The summed E-state index contributed by atoms with van der Waals surface area (Å²) >= 11 is 0. The molecule has 0 saturated carbocycles. The first-order valence-electron chi connectivity index (χ1n) is 9.95. The number of anilines is 2. The average molecular weight is 437 g/mol. The molecule has 168 valence electrons. The van der Waals surface area contributed by atoms with Gasteiger partial charge in [-0.1, -0.05) is 38.0 Å². The zero-order chi connectivity index (χ0) is 23.7. The summed E-state index contributed by atoms with van der Waals surface area (Å²) in [4.78, 5) is 25.5. The molecule has 0 heterocycles. The quantitative estimate of drug-likeness (QED) is 0.303. The molecule has 2 aromatic carbocycles. The summed E-state index contributed by atoms with van der Waals surface area (Å²) in [6.07, 6.45) is 4.62. The van der Waals surface area contributed by atoms with E-state index in [9.17, 15) is 9.59 Å². The van der Waals surface area contributed by atoms with Gasteiger partial charge in [0.15, 0.2) is 0 Å². The van der Waals surface area contributed by atoms with Gasteiger partial charge < -0.3 is 25.3 Å². The van der Waals surface area contributed by atoms with Gasteiger partial charge in [-0.2, -0.15) is 0 Å². The molecule has 0 aromatic heterocycles. The number of hydrogen-bond acceptors (Lipinski definition) is 6. The van der Waals surface area contributed by atoms with Gasteiger partial charge in [-0.05, 0) is 38.1 Å². The first kappa shape index (κ1) is 24.3. The molecule has 2 aromatic rings. The van der Waals surface area contributed by atoms with Crippen molar-refractivity contribution in [3.63, 3.8) is 0 Å². The molecule has 0 bridgehead atoms. The van der Waals surface area contributed by atoms with Gasteiger partial charge in [-0.25, -0.2) is 4.79 Å². The van der Waals surface area contributed by atoms with E-state index in [0.717, 1.165) is 0 Å². The Balaban J connectivity index is 2.42. The van der Waals surface area contributed by atoms with Crippen LogP contribution in [0.1, 0.15) is 31.8 Å². The van der Waals surface area contributed by atoms with E-state index in [-0.39, 0.29) is 25.4 Å². The summed E-state index contributed by atoms with van der Waals surface area (Å²) in [5, 5.41) is 2.86. The lowest BCUT2D eigenvalue weighted by atomic mass is 10.0. The fourth-order valence-corrected chi connectivity index (χ4v) is 2.93. The lowest BCUT2D eigenvalue weighted by Crippen LogP contribution is -2.17. The normalized spacial score (nSPS) is 10.1. The Hall–Kier alpha value is -4.00. The second-order valence-electron chi connectivity index (χ2n) is 6.81. The fourth-order valence-electron chi connectivity index (χ4n) is 2.93. The highest BCUT2D eigenvalue weighted by Gasteiger charge is 2.21. The number of carbonyl (C=O) groups excluding carboxylic acids is 2. The summed E-state index contributed by atoms with van der Waals surface area (Å²) in [5.74, 6) is -0.271. The molecule has 0 saturated heterocycles. The SMILES string of the molecule is C=CCOC(=O)c1ccc(NC(=O)c2ccc(N)c(C)c2OCC=C)c(C)c1OCC=C. The molecule has 0 aliphatic heterocycles. The number of esters is 1. The second kappa shape index (κ2) is 11.4. The zero-order valence-corrected chi connectivity index (χ0v) is 18.4. The molecule has 3 N–H and O–H groups in total. The summed E-state index contributed by atoms with van der Waals surface area (Å²) in [5.41, 5.74) is 8.74. The highest BCUT2D eigenvalue weighted by atomic mass is 16.5. The lowest BCUT2D eigenvalue weighted by Gasteiger charge is -2.18. The molecular formula is C25H28N2O5. The number of hydrogen-bond donors (Lipinski definition) is 2. The standard InChI is InChI=1S/C25H28N2O5/c1-6-13-30-22-16(4)20(26)11-9-18(22)24(28)27-21-12-10-19(25(29)32-15-8-3)23(17(21)5)31-14-7-2/h6-12H,1-3,13-15,26H2,4-5H3,(H,27,28). The van der Waals surface area contributed by atoms with Gasteiger partial charge in [0.25, 0.3) is 5.91 Å². The number of amides is 1. The van der Waals surface area contributed by atoms with E-state index in [2.05, 4.69) is 25.1 Å². The van der Waals surface area contributed by atoms with Crippen molar-refractivity contribution in [3.8, 4) is 11.5 Å². The van der Waals surface area contributed by atoms with Crippen LogP contribution in [0.3, 0.4) is 0 Å². The van der Waals surface area contributed by atoms with Crippen molar-refractivity contribution in [1.29, 1.82) is 0 Å². The Bertz CT molecular complexity index is 1040. The molecule has 0 spiro atoms. The maximum absolute atomic E-state index is 13.1. The van der Waals surface area contributed by atoms with Gasteiger partial charge in [-0.15, -0.1) is 0 Å². The van der Waals surface area contributed by atoms with E-state index in [1.807, 2.05) is 0 Å². The van der Waals surface area contributed by atoms with Crippen LogP contribution in [0.15, 0.2) is 62.2 Å². The third kappa shape index (κ3) is 5.57. The topological polar surface area (TPSA) is 99.9 Å². The van der Waals surface area contributed by atoms with E-state index in [4.69, 9.17) is 19.9 Å². The van der Waals surface area contributed by atoms with Crippen molar-refractivity contribution < 1.29 is 23.8 Å². The Morgan fingerprint density at radius 3 is 2.03 bits per heavy atom. The lowest BCUT2D eigenvalue weighted by molar-refractivity contribution is 0.0545. The van der Waals surface area contributed by atoms with Crippen molar-refractivity contribution in [2.45, 2.75) is 13.8 Å². The molecule has 1 amide bonds. The van der Waals surface area contributed by atoms with Gasteiger partial charge in [0.2, 0.25) is 0 Å². The van der Waals surface area contributed by atoms with E-state index < -0.39 is 11.9 Å². The Labute approximate surface area is 188 Å². The largest absolute Gasteiger partial charge is 0.488 e. The smallest absolute Gasteiger partial charge is 0.342 e. The van der Waals surface area contributed by atoms with Gasteiger partial charge in [0.1, 0.15) is 36.9 Å². The minimum atomic E-state index is -0.556. The van der Waals surface area contributed by atoms with Crippen molar-refractivity contribution in [2.24, 2.45) is 0 Å². The molecule has 0 atom stereocenters. The first-order chi connectivity index (χ1) is 15.3. The fraction of sp³-hybridized carbons (Fsp3) is 0.200. The molecule has 7 heteroatoms. The van der Waals surface area contributed by atoms with Crippen molar-refractivity contribution in [3.05, 3.63) is 84.5 Å². The number of nitrogens with one attached hydrogen (secondary N) is 1. The number of rotatable bonds is 11. The van der Waals surface area contributed by atoms with Crippen molar-refractivity contribution >= 4 is 23.3 Å². The van der Waals surface area contributed by atoms with Crippen LogP contribution < -0.4 is 20.5 Å². The predicted molar refractivity (Wildman–Crippen MR) is 127 cm³/mol. The third-order valence-corrected chi connectivity index (χ3v) is 4.59. The Kier molecular flexibility index (Phi) is 8.65. The molecule has 0 aliphatic carbocycles. The molecule has 0 radical (unpaired) electrons. The minimum absolute atomic E-state index is 0.0707. The number of nitrogens with two attached hydrogens (primary N) is 1. The van der Waals surface area contributed by atoms with Crippen LogP contribution in [0.5, 0.6) is 11.5 Å². The van der Waals surface area contributed by atoms with Gasteiger partial charge in [-0.3, -0.25) is 4.79 Å². The third-order valence-electron chi connectivity index (χ3n) is 4.59. The summed E-state index contributed by atoms with van der Waals surface area (Å²) in [6.45, 7) is 14.8. The molecule has 0 aliphatic rings. The maximum atomic E-state index is 13.1. The van der Waals surface area contributed by atoms with E-state index in [0.29, 0.717) is 39.6 Å². The van der Waals surface area contributed by atoms with Gasteiger partial charge in [0, 0.05) is 22.5 Å². The number of carbonyl (C=O) groups is 2. The highest BCUT2D eigenvalue weighted by Crippen LogP contribution is 2.33. The van der Waals surface area contributed by atoms with E-state index in [1.54, 1.807) is 44.2 Å². The van der Waals surface area contributed by atoms with Crippen molar-refractivity contribution in [2.75, 3.05) is 30.9 Å². The Morgan fingerprint density at radius 1 is 0.875 bits per heavy atom. The van der Waals surface area contributed by atoms with Crippen LogP contribution in [0.25, 0.3) is 0 Å². The maximum Gasteiger partial charge on any atom is 0.342 e. The second-order valence-corrected chi connectivity index (χ2v) is 6.81. The molecular weight excluding hydrogens is 408 g/mol. The highest BCUT2D eigenvalue weighted by molar-refractivity contribution is 6.07. The molecule has 2 rings (SSSR count). The molecule has 32 heavy (non-hydrogen) atoms. The van der Waals surface area contributed by atoms with Crippen LogP contribution in [-0.4, -0.2) is 31.7 Å². The van der Waals surface area contributed by atoms with Crippen LogP contribution in [-0.2, 0) is 4.74 Å². The number of ether oxygens (including phenoxy) is 3. The van der Waals surface area contributed by atoms with Crippen LogP contribution in [0.2, 0.25) is 0 Å². The molecule has 0 unspecified atom stereocenters. The summed E-state index contributed by atoms with van der Waals surface area (Å²) < 4.78 is 16.5. The van der Waals surface area contributed by atoms with Crippen LogP contribution in [0.4, 0.5) is 11.4 Å². The Morgan fingerprint density at radius 2 is 1.44 bits per heavy atom. The van der Waals surface area contributed by atoms with Gasteiger partial charge >= 0.3 is 5.97 Å². The average Bonchev–Trinajstić information content (AvgIpc) is 2.78. The minimum Gasteiger partial charge on any atom is -0.488 e. The summed E-state index contributed by atoms with van der Waals surface area (Å²) in [7, 11) is 0. The van der Waals surface area contributed by atoms with E-state index in [1.165, 1.54) is 12.1 Å².